The zero-order valence-corrected chi connectivity index (χ0v) is 9.74. The van der Waals surface area contributed by atoms with Gasteiger partial charge >= 0.3 is 5.97 Å². The van der Waals surface area contributed by atoms with Crippen molar-refractivity contribution >= 4 is 18.6 Å². The van der Waals surface area contributed by atoms with Gasteiger partial charge in [-0.3, -0.25) is 4.79 Å². The molecule has 1 aromatic carbocycles. The maximum atomic E-state index is 11.5. The van der Waals surface area contributed by atoms with Crippen molar-refractivity contribution in [3.8, 4) is 0 Å². The van der Waals surface area contributed by atoms with Crippen molar-refractivity contribution in [1.29, 1.82) is 0 Å². The van der Waals surface area contributed by atoms with Crippen molar-refractivity contribution in [2.45, 2.75) is 13.3 Å². The summed E-state index contributed by atoms with van der Waals surface area (Å²) in [6.45, 7) is 2.24. The summed E-state index contributed by atoms with van der Waals surface area (Å²) in [6, 6.07) is 9.92. The first-order valence-electron chi connectivity index (χ1n) is 5.09. The lowest BCUT2D eigenvalue weighted by atomic mass is 10.0. The van der Waals surface area contributed by atoms with Crippen molar-refractivity contribution < 1.29 is 9.53 Å². The summed E-state index contributed by atoms with van der Waals surface area (Å²) in [6.07, 6.45) is 0.698. The van der Waals surface area contributed by atoms with Gasteiger partial charge in [0.1, 0.15) is 0 Å². The Morgan fingerprint density at radius 3 is 2.60 bits per heavy atom. The highest BCUT2D eigenvalue weighted by Gasteiger charge is 2.18. The monoisotopic (exact) mass is 224 g/mol. The van der Waals surface area contributed by atoms with Gasteiger partial charge in [-0.2, -0.15) is 12.6 Å². The minimum atomic E-state index is -0.156. The number of thiol groups is 1. The fourth-order valence-electron chi connectivity index (χ4n) is 1.38. The Morgan fingerprint density at radius 2 is 2.07 bits per heavy atom. The third kappa shape index (κ3) is 3.96. The second-order valence-electron chi connectivity index (χ2n) is 3.32. The molecule has 0 aliphatic heterocycles. The van der Waals surface area contributed by atoms with Crippen LogP contribution in [-0.4, -0.2) is 18.3 Å². The number of rotatable bonds is 5. The molecule has 2 nitrogen and oxygen atoms in total. The molecule has 0 aliphatic rings. The zero-order valence-electron chi connectivity index (χ0n) is 8.85. The molecular formula is C12H16O2S. The van der Waals surface area contributed by atoms with Gasteiger partial charge in [-0.05, 0) is 18.9 Å². The van der Waals surface area contributed by atoms with Crippen LogP contribution in [0.4, 0.5) is 0 Å². The minimum absolute atomic E-state index is 0.143. The van der Waals surface area contributed by atoms with Crippen LogP contribution in [0.1, 0.15) is 12.5 Å². The molecule has 0 radical (unpaired) electrons. The topological polar surface area (TPSA) is 26.3 Å². The van der Waals surface area contributed by atoms with Gasteiger partial charge in [-0.1, -0.05) is 30.3 Å². The lowest BCUT2D eigenvalue weighted by molar-refractivity contribution is -0.147. The smallest absolute Gasteiger partial charge is 0.310 e. The summed E-state index contributed by atoms with van der Waals surface area (Å²) in [4.78, 5) is 11.5. The maximum Gasteiger partial charge on any atom is 0.310 e. The van der Waals surface area contributed by atoms with E-state index in [2.05, 4.69) is 12.6 Å². The second-order valence-corrected chi connectivity index (χ2v) is 3.69. The molecule has 1 aromatic rings. The Bertz CT molecular complexity index is 298. The van der Waals surface area contributed by atoms with Gasteiger partial charge in [0.05, 0.1) is 12.5 Å². The summed E-state index contributed by atoms with van der Waals surface area (Å²) in [5.41, 5.74) is 1.14. The normalized spacial score (nSPS) is 12.1. The zero-order chi connectivity index (χ0) is 11.1. The number of carbonyl (C=O) groups is 1. The van der Waals surface area contributed by atoms with Gasteiger partial charge in [0.25, 0.3) is 0 Å². The van der Waals surface area contributed by atoms with Gasteiger partial charge in [-0.25, -0.2) is 0 Å². The Hall–Kier alpha value is -0.960. The standard InChI is InChI=1S/C12H16O2S/c1-2-14-12(13)11(9-15)8-10-6-4-3-5-7-10/h3-7,11,15H,2,8-9H2,1H3/t11-/m0/s1. The van der Waals surface area contributed by atoms with Crippen LogP contribution >= 0.6 is 12.6 Å². The summed E-state index contributed by atoms with van der Waals surface area (Å²) in [5, 5.41) is 0. The molecule has 0 heterocycles. The fraction of sp³-hybridized carbons (Fsp3) is 0.417. The molecule has 0 N–H and O–H groups in total. The summed E-state index contributed by atoms with van der Waals surface area (Å²) in [5.74, 6) is 0.223. The van der Waals surface area contributed by atoms with E-state index in [9.17, 15) is 4.79 Å². The van der Waals surface area contributed by atoms with Gasteiger partial charge in [0.15, 0.2) is 0 Å². The van der Waals surface area contributed by atoms with Crippen LogP contribution in [0.2, 0.25) is 0 Å². The molecule has 0 saturated heterocycles. The van der Waals surface area contributed by atoms with Gasteiger partial charge in [0.2, 0.25) is 0 Å². The van der Waals surface area contributed by atoms with Gasteiger partial charge < -0.3 is 4.74 Å². The van der Waals surface area contributed by atoms with Crippen molar-refractivity contribution in [3.05, 3.63) is 35.9 Å². The van der Waals surface area contributed by atoms with Crippen molar-refractivity contribution in [2.75, 3.05) is 12.4 Å². The highest BCUT2D eigenvalue weighted by molar-refractivity contribution is 7.80. The Labute approximate surface area is 96.1 Å². The van der Waals surface area contributed by atoms with E-state index in [0.717, 1.165) is 5.56 Å². The molecule has 0 amide bonds. The Morgan fingerprint density at radius 1 is 1.40 bits per heavy atom. The van der Waals surface area contributed by atoms with Crippen molar-refractivity contribution in [2.24, 2.45) is 5.92 Å². The average molecular weight is 224 g/mol. The molecule has 3 heteroatoms. The largest absolute Gasteiger partial charge is 0.466 e. The summed E-state index contributed by atoms with van der Waals surface area (Å²) >= 11 is 4.18. The van der Waals surface area contributed by atoms with E-state index < -0.39 is 0 Å². The third-order valence-corrected chi connectivity index (χ3v) is 2.61. The molecule has 0 bridgehead atoms. The van der Waals surface area contributed by atoms with Crippen LogP contribution < -0.4 is 0 Å². The highest BCUT2D eigenvalue weighted by Crippen LogP contribution is 2.11. The fourth-order valence-corrected chi connectivity index (χ4v) is 1.66. The quantitative estimate of drug-likeness (QED) is 0.614. The van der Waals surface area contributed by atoms with Gasteiger partial charge in [-0.15, -0.1) is 0 Å². The van der Waals surface area contributed by atoms with E-state index in [1.807, 2.05) is 37.3 Å². The van der Waals surface area contributed by atoms with E-state index in [1.54, 1.807) is 0 Å². The molecule has 0 fully saturated rings. The molecule has 1 atom stereocenters. The summed E-state index contributed by atoms with van der Waals surface area (Å²) < 4.78 is 4.98. The van der Waals surface area contributed by atoms with E-state index in [0.29, 0.717) is 18.8 Å². The number of ether oxygens (including phenoxy) is 1. The Balaban J connectivity index is 2.58. The molecule has 0 aliphatic carbocycles. The van der Waals surface area contributed by atoms with Crippen LogP contribution in [-0.2, 0) is 16.0 Å². The van der Waals surface area contributed by atoms with E-state index in [1.165, 1.54) is 0 Å². The third-order valence-electron chi connectivity index (χ3n) is 2.17. The van der Waals surface area contributed by atoms with E-state index >= 15 is 0 Å². The van der Waals surface area contributed by atoms with Crippen LogP contribution in [0.15, 0.2) is 30.3 Å². The average Bonchev–Trinajstić information content (AvgIpc) is 2.27. The first kappa shape index (κ1) is 12.1. The number of esters is 1. The molecule has 82 valence electrons. The SMILES string of the molecule is CCOC(=O)[C@H](CS)Cc1ccccc1. The number of hydrogen-bond acceptors (Lipinski definition) is 3. The second kappa shape index (κ2) is 6.51. The van der Waals surface area contributed by atoms with Crippen LogP contribution in [0.5, 0.6) is 0 Å². The predicted molar refractivity (Wildman–Crippen MR) is 64.1 cm³/mol. The molecule has 1 rings (SSSR count). The minimum Gasteiger partial charge on any atom is -0.466 e. The van der Waals surface area contributed by atoms with E-state index in [4.69, 9.17) is 4.74 Å². The lowest BCUT2D eigenvalue weighted by Crippen LogP contribution is -2.21. The Kier molecular flexibility index (Phi) is 5.26. The molecular weight excluding hydrogens is 208 g/mol. The number of hydrogen-bond donors (Lipinski definition) is 1. The number of carbonyl (C=O) groups excluding carboxylic acids is 1. The maximum absolute atomic E-state index is 11.5. The van der Waals surface area contributed by atoms with E-state index in [-0.39, 0.29) is 11.9 Å². The van der Waals surface area contributed by atoms with Gasteiger partial charge in [0, 0.05) is 5.75 Å². The molecule has 0 spiro atoms. The van der Waals surface area contributed by atoms with Crippen molar-refractivity contribution in [1.82, 2.24) is 0 Å². The molecule has 15 heavy (non-hydrogen) atoms. The van der Waals surface area contributed by atoms with Crippen molar-refractivity contribution in [3.63, 3.8) is 0 Å². The molecule has 0 aromatic heterocycles. The highest BCUT2D eigenvalue weighted by atomic mass is 32.1. The number of benzene rings is 1. The molecule has 0 saturated carbocycles. The first-order chi connectivity index (χ1) is 7.27. The first-order valence-corrected chi connectivity index (χ1v) is 5.72. The predicted octanol–water partition coefficient (Wildman–Crippen LogP) is 2.34. The van der Waals surface area contributed by atoms with Crippen LogP contribution in [0.25, 0.3) is 0 Å². The summed E-state index contributed by atoms with van der Waals surface area (Å²) in [7, 11) is 0. The van der Waals surface area contributed by atoms with Crippen LogP contribution in [0.3, 0.4) is 0 Å². The molecule has 0 unspecified atom stereocenters. The lowest BCUT2D eigenvalue weighted by Gasteiger charge is -2.12. The van der Waals surface area contributed by atoms with Crippen LogP contribution in [0, 0.1) is 5.92 Å².